The fraction of sp³-hybridized carbons (Fsp3) is 0. The summed E-state index contributed by atoms with van der Waals surface area (Å²) in [6, 6.07) is 21.2. The Bertz CT molecular complexity index is 577. The smallest absolute Gasteiger partial charge is 0.0527 e. The van der Waals surface area contributed by atoms with Gasteiger partial charge in [-0.15, -0.1) is 11.3 Å². The van der Waals surface area contributed by atoms with Crippen molar-refractivity contribution in [2.45, 2.75) is 0 Å². The van der Waals surface area contributed by atoms with Crippen LogP contribution in [0.25, 0.3) is 22.3 Å². The van der Waals surface area contributed by atoms with Crippen molar-refractivity contribution in [3.63, 3.8) is 0 Å². The van der Waals surface area contributed by atoms with Crippen molar-refractivity contribution >= 4 is 11.3 Å². The van der Waals surface area contributed by atoms with Gasteiger partial charge in [0.25, 0.3) is 0 Å². The molecule has 0 aliphatic rings. The summed E-state index contributed by atoms with van der Waals surface area (Å²) in [6.07, 6.45) is 0. The minimum absolute atomic E-state index is 1.18. The molecule has 1 heterocycles. The molecule has 1 radical (unpaired) electrons. The van der Waals surface area contributed by atoms with E-state index in [-0.39, 0.29) is 0 Å². The third-order valence-corrected chi connectivity index (χ3v) is 3.38. The molecule has 17 heavy (non-hydrogen) atoms. The lowest BCUT2D eigenvalue weighted by Crippen LogP contribution is -1.78. The standard InChI is InChI=1S/C16H11S/c1-2-4-13(5-3-1)14-6-8-15(9-7-14)16-10-11-17-12-16/h1-11H. The second-order valence-corrected chi connectivity index (χ2v) is 4.59. The zero-order valence-electron chi connectivity index (χ0n) is 9.26. The highest BCUT2D eigenvalue weighted by molar-refractivity contribution is 7.07. The van der Waals surface area contributed by atoms with E-state index in [4.69, 9.17) is 0 Å². The van der Waals surface area contributed by atoms with Crippen LogP contribution >= 0.6 is 11.3 Å². The van der Waals surface area contributed by atoms with Crippen molar-refractivity contribution in [3.8, 4) is 22.3 Å². The molecule has 0 fully saturated rings. The summed E-state index contributed by atoms with van der Waals surface area (Å²) in [5, 5.41) is 5.31. The van der Waals surface area contributed by atoms with E-state index in [0.717, 1.165) is 0 Å². The van der Waals surface area contributed by atoms with Gasteiger partial charge < -0.3 is 0 Å². The normalized spacial score (nSPS) is 10.4. The fourth-order valence-corrected chi connectivity index (χ4v) is 2.45. The molecule has 0 amide bonds. The molecule has 0 nitrogen and oxygen atoms in total. The quantitative estimate of drug-likeness (QED) is 0.593. The Hall–Kier alpha value is -1.86. The Labute approximate surface area is 105 Å². The monoisotopic (exact) mass is 235 g/mol. The molecule has 1 aromatic heterocycles. The largest absolute Gasteiger partial charge is 0.142 e. The van der Waals surface area contributed by atoms with Crippen LogP contribution in [0.3, 0.4) is 0 Å². The maximum atomic E-state index is 3.25. The number of hydrogen-bond acceptors (Lipinski definition) is 1. The predicted octanol–water partition coefficient (Wildman–Crippen LogP) is 4.88. The van der Waals surface area contributed by atoms with Crippen molar-refractivity contribution in [1.29, 1.82) is 0 Å². The van der Waals surface area contributed by atoms with E-state index in [1.165, 1.54) is 22.3 Å². The van der Waals surface area contributed by atoms with E-state index in [1.807, 2.05) is 6.07 Å². The minimum Gasteiger partial charge on any atom is -0.142 e. The average Bonchev–Trinajstić information content (AvgIpc) is 2.94. The lowest BCUT2D eigenvalue weighted by atomic mass is 10.0. The van der Waals surface area contributed by atoms with Crippen LogP contribution in [0.1, 0.15) is 0 Å². The second kappa shape index (κ2) is 4.56. The van der Waals surface area contributed by atoms with Gasteiger partial charge in [0.2, 0.25) is 0 Å². The van der Waals surface area contributed by atoms with E-state index in [1.54, 1.807) is 11.3 Å². The summed E-state index contributed by atoms with van der Waals surface area (Å²) < 4.78 is 0. The van der Waals surface area contributed by atoms with Gasteiger partial charge in [-0.2, -0.15) is 0 Å². The molecule has 0 spiro atoms. The first-order valence-electron chi connectivity index (χ1n) is 5.54. The van der Waals surface area contributed by atoms with Gasteiger partial charge in [0, 0.05) is 5.56 Å². The van der Waals surface area contributed by atoms with Crippen molar-refractivity contribution in [2.75, 3.05) is 0 Å². The molecule has 0 unspecified atom stereocenters. The summed E-state index contributed by atoms with van der Waals surface area (Å²) in [5.74, 6) is 0. The maximum Gasteiger partial charge on any atom is 0.0527 e. The van der Waals surface area contributed by atoms with E-state index in [9.17, 15) is 0 Å². The summed E-state index contributed by atoms with van der Waals surface area (Å²) >= 11 is 1.61. The summed E-state index contributed by atoms with van der Waals surface area (Å²) in [5.41, 5.74) is 4.92. The molecular formula is C16H11S. The van der Waals surface area contributed by atoms with Gasteiger partial charge in [-0.1, -0.05) is 54.6 Å². The molecule has 0 saturated carbocycles. The number of benzene rings is 2. The molecule has 0 aliphatic heterocycles. The first-order chi connectivity index (χ1) is 8.43. The van der Waals surface area contributed by atoms with Crippen LogP contribution in [-0.4, -0.2) is 0 Å². The van der Waals surface area contributed by atoms with Crippen LogP contribution < -0.4 is 0 Å². The fourth-order valence-electron chi connectivity index (χ4n) is 1.86. The van der Waals surface area contributed by atoms with Crippen LogP contribution in [0.15, 0.2) is 66.0 Å². The summed E-state index contributed by atoms with van der Waals surface area (Å²) in [4.78, 5) is 0. The SMILES string of the molecule is [c]1sccc1-c1ccc(-c2ccccc2)cc1. The van der Waals surface area contributed by atoms with Gasteiger partial charge >= 0.3 is 0 Å². The molecule has 0 atom stereocenters. The topological polar surface area (TPSA) is 0 Å². The third-order valence-electron chi connectivity index (χ3n) is 2.77. The van der Waals surface area contributed by atoms with Crippen molar-refractivity contribution in [3.05, 3.63) is 71.4 Å². The van der Waals surface area contributed by atoms with Crippen LogP contribution in [0.5, 0.6) is 0 Å². The number of thiophene rings is 1. The summed E-state index contributed by atoms with van der Waals surface area (Å²) in [7, 11) is 0. The lowest BCUT2D eigenvalue weighted by molar-refractivity contribution is 1.61. The molecule has 0 aliphatic carbocycles. The van der Waals surface area contributed by atoms with Gasteiger partial charge in [-0.25, -0.2) is 0 Å². The summed E-state index contributed by atoms with van der Waals surface area (Å²) in [6.45, 7) is 0. The van der Waals surface area contributed by atoms with Gasteiger partial charge in [-0.3, -0.25) is 0 Å². The van der Waals surface area contributed by atoms with Gasteiger partial charge in [-0.05, 0) is 28.1 Å². The molecule has 1 heteroatoms. The highest BCUT2D eigenvalue weighted by atomic mass is 32.1. The van der Waals surface area contributed by atoms with Crippen molar-refractivity contribution in [2.24, 2.45) is 0 Å². The Balaban J connectivity index is 1.96. The van der Waals surface area contributed by atoms with Crippen LogP contribution in [0.4, 0.5) is 0 Å². The van der Waals surface area contributed by atoms with Gasteiger partial charge in [0.05, 0.1) is 5.38 Å². The van der Waals surface area contributed by atoms with E-state index in [0.29, 0.717) is 0 Å². The van der Waals surface area contributed by atoms with Gasteiger partial charge in [0.1, 0.15) is 0 Å². The maximum absolute atomic E-state index is 3.25. The lowest BCUT2D eigenvalue weighted by Gasteiger charge is -2.03. The average molecular weight is 235 g/mol. The Morgan fingerprint density at radius 1 is 0.647 bits per heavy atom. The second-order valence-electron chi connectivity index (χ2n) is 3.88. The Morgan fingerprint density at radius 2 is 1.29 bits per heavy atom. The van der Waals surface area contributed by atoms with Crippen LogP contribution in [0, 0.1) is 5.38 Å². The first kappa shape index (κ1) is 10.3. The zero-order valence-corrected chi connectivity index (χ0v) is 10.1. The molecule has 2 aromatic carbocycles. The molecule has 0 saturated heterocycles. The number of rotatable bonds is 2. The molecular weight excluding hydrogens is 224 g/mol. The minimum atomic E-state index is 1.18. The molecule has 3 aromatic rings. The Kier molecular flexibility index (Phi) is 2.76. The van der Waals surface area contributed by atoms with E-state index in [2.05, 4.69) is 65.4 Å². The van der Waals surface area contributed by atoms with Crippen LogP contribution in [-0.2, 0) is 0 Å². The van der Waals surface area contributed by atoms with Crippen molar-refractivity contribution in [1.82, 2.24) is 0 Å². The van der Waals surface area contributed by atoms with Gasteiger partial charge in [0.15, 0.2) is 0 Å². The van der Waals surface area contributed by atoms with E-state index >= 15 is 0 Å². The Morgan fingerprint density at radius 3 is 1.94 bits per heavy atom. The number of hydrogen-bond donors (Lipinski definition) is 0. The highest BCUT2D eigenvalue weighted by Gasteiger charge is 2.00. The third kappa shape index (κ3) is 2.15. The van der Waals surface area contributed by atoms with E-state index < -0.39 is 0 Å². The molecule has 81 valence electrons. The van der Waals surface area contributed by atoms with Crippen molar-refractivity contribution < 1.29 is 0 Å². The first-order valence-corrected chi connectivity index (χ1v) is 6.42. The predicted molar refractivity (Wildman–Crippen MR) is 74.0 cm³/mol. The zero-order chi connectivity index (χ0) is 11.5. The molecule has 0 bridgehead atoms. The molecule has 3 rings (SSSR count). The van der Waals surface area contributed by atoms with Crippen LogP contribution in [0.2, 0.25) is 0 Å². The highest BCUT2D eigenvalue weighted by Crippen LogP contribution is 2.25. The molecule has 0 N–H and O–H groups in total.